The van der Waals surface area contributed by atoms with Crippen LogP contribution in [0.2, 0.25) is 5.02 Å². The van der Waals surface area contributed by atoms with E-state index in [-0.39, 0.29) is 5.38 Å². The van der Waals surface area contributed by atoms with Gasteiger partial charge in [0.15, 0.2) is 0 Å². The Morgan fingerprint density at radius 1 is 1.30 bits per heavy atom. The number of aromatic nitrogens is 2. The number of imidazole rings is 1. The maximum absolute atomic E-state index is 6.46. The zero-order valence-corrected chi connectivity index (χ0v) is 13.0. The Bertz CT molecular complexity index is 662. The van der Waals surface area contributed by atoms with Gasteiger partial charge in [-0.15, -0.1) is 11.6 Å². The molecule has 0 N–H and O–H groups in total. The fourth-order valence-electron chi connectivity index (χ4n) is 4.27. The third-order valence-electron chi connectivity index (χ3n) is 5.08. The van der Waals surface area contributed by atoms with Crippen molar-refractivity contribution in [2.45, 2.75) is 44.0 Å². The van der Waals surface area contributed by atoms with Crippen molar-refractivity contribution < 1.29 is 0 Å². The second-order valence-electron chi connectivity index (χ2n) is 6.31. The molecule has 1 heterocycles. The van der Waals surface area contributed by atoms with Gasteiger partial charge in [0.2, 0.25) is 0 Å². The van der Waals surface area contributed by atoms with Crippen LogP contribution in [-0.4, -0.2) is 9.55 Å². The minimum atomic E-state index is -0.0856. The third-order valence-corrected chi connectivity index (χ3v) is 5.58. The Morgan fingerprint density at radius 3 is 2.80 bits per heavy atom. The van der Waals surface area contributed by atoms with E-state index in [0.717, 1.165) is 33.7 Å². The van der Waals surface area contributed by atoms with Crippen LogP contribution in [0.25, 0.3) is 11.0 Å². The molecule has 0 amide bonds. The SMILES string of the molecule is CC(Cl)c1nc2cccc(Cl)c2n1C1CC2CCC1C2. The molecule has 106 valence electrons. The molecule has 2 aliphatic rings. The summed E-state index contributed by atoms with van der Waals surface area (Å²) in [7, 11) is 0. The predicted octanol–water partition coefficient (Wildman–Crippen LogP) is 5.35. The Morgan fingerprint density at radius 2 is 2.15 bits per heavy atom. The van der Waals surface area contributed by atoms with E-state index < -0.39 is 0 Å². The number of fused-ring (bicyclic) bond motifs is 3. The van der Waals surface area contributed by atoms with Crippen molar-refractivity contribution >= 4 is 34.2 Å². The molecule has 2 nitrogen and oxygen atoms in total. The molecule has 2 saturated carbocycles. The lowest BCUT2D eigenvalue weighted by molar-refractivity contribution is 0.329. The minimum absolute atomic E-state index is 0.0856. The van der Waals surface area contributed by atoms with Gasteiger partial charge in [0.1, 0.15) is 5.82 Å². The largest absolute Gasteiger partial charge is 0.322 e. The van der Waals surface area contributed by atoms with E-state index in [9.17, 15) is 0 Å². The number of hydrogen-bond acceptors (Lipinski definition) is 1. The lowest BCUT2D eigenvalue weighted by atomic mass is 9.95. The third kappa shape index (κ3) is 1.81. The van der Waals surface area contributed by atoms with Crippen molar-refractivity contribution in [1.29, 1.82) is 0 Å². The Balaban J connectivity index is 1.94. The van der Waals surface area contributed by atoms with Gasteiger partial charge >= 0.3 is 0 Å². The maximum atomic E-state index is 6.46. The lowest BCUT2D eigenvalue weighted by Gasteiger charge is -2.26. The van der Waals surface area contributed by atoms with Crippen LogP contribution in [0.1, 0.15) is 49.9 Å². The standard InChI is InChI=1S/C16H18Cl2N2/c1-9(17)16-19-13-4-2-3-12(18)15(13)20(16)14-8-10-5-6-11(14)7-10/h2-4,9-11,14H,5-8H2,1H3. The monoisotopic (exact) mass is 308 g/mol. The predicted molar refractivity (Wildman–Crippen MR) is 83.5 cm³/mol. The van der Waals surface area contributed by atoms with Crippen molar-refractivity contribution in [2.24, 2.45) is 11.8 Å². The van der Waals surface area contributed by atoms with Gasteiger partial charge in [-0.05, 0) is 50.2 Å². The first-order chi connectivity index (χ1) is 9.65. The van der Waals surface area contributed by atoms with Crippen LogP contribution >= 0.6 is 23.2 Å². The first kappa shape index (κ1) is 13.0. The summed E-state index contributed by atoms with van der Waals surface area (Å²) in [5, 5.41) is 0.707. The number of alkyl halides is 1. The molecule has 0 spiro atoms. The Kier molecular flexibility index (Phi) is 3.01. The van der Waals surface area contributed by atoms with Crippen LogP contribution < -0.4 is 0 Å². The molecular formula is C16H18Cl2N2. The maximum Gasteiger partial charge on any atom is 0.128 e. The van der Waals surface area contributed by atoms with Gasteiger partial charge in [-0.2, -0.15) is 0 Å². The fraction of sp³-hybridized carbons (Fsp3) is 0.562. The van der Waals surface area contributed by atoms with Crippen molar-refractivity contribution in [1.82, 2.24) is 9.55 Å². The average molecular weight is 309 g/mol. The molecule has 20 heavy (non-hydrogen) atoms. The van der Waals surface area contributed by atoms with E-state index in [2.05, 4.69) is 4.57 Å². The van der Waals surface area contributed by atoms with Gasteiger partial charge in [-0.3, -0.25) is 0 Å². The number of para-hydroxylation sites is 1. The Hall–Kier alpha value is -0.730. The van der Waals surface area contributed by atoms with E-state index >= 15 is 0 Å². The summed E-state index contributed by atoms with van der Waals surface area (Å²) in [6.07, 6.45) is 5.37. The average Bonchev–Trinajstić information content (AvgIpc) is 3.11. The highest BCUT2D eigenvalue weighted by molar-refractivity contribution is 6.35. The molecule has 4 heteroatoms. The smallest absolute Gasteiger partial charge is 0.128 e. The quantitative estimate of drug-likeness (QED) is 0.684. The summed E-state index contributed by atoms with van der Waals surface area (Å²) in [5.74, 6) is 2.65. The van der Waals surface area contributed by atoms with Crippen LogP contribution in [0.3, 0.4) is 0 Å². The zero-order chi connectivity index (χ0) is 13.9. The van der Waals surface area contributed by atoms with E-state index in [4.69, 9.17) is 28.2 Å². The number of benzene rings is 1. The van der Waals surface area contributed by atoms with Crippen LogP contribution in [0, 0.1) is 11.8 Å². The molecule has 1 aromatic heterocycles. The molecular weight excluding hydrogens is 291 g/mol. The molecule has 0 radical (unpaired) electrons. The van der Waals surface area contributed by atoms with Gasteiger partial charge in [-0.1, -0.05) is 24.1 Å². The molecule has 0 saturated heterocycles. The fourth-order valence-corrected chi connectivity index (χ4v) is 4.68. The van der Waals surface area contributed by atoms with Gasteiger partial charge in [0, 0.05) is 6.04 Å². The lowest BCUT2D eigenvalue weighted by Crippen LogP contribution is -2.18. The molecule has 2 bridgehead atoms. The molecule has 2 aliphatic carbocycles. The molecule has 4 atom stereocenters. The van der Waals surface area contributed by atoms with Crippen LogP contribution in [0.4, 0.5) is 0 Å². The van der Waals surface area contributed by atoms with Gasteiger partial charge in [-0.25, -0.2) is 4.98 Å². The normalized spacial score (nSPS) is 30.2. The minimum Gasteiger partial charge on any atom is -0.322 e. The van der Waals surface area contributed by atoms with Crippen molar-refractivity contribution in [3.8, 4) is 0 Å². The van der Waals surface area contributed by atoms with Crippen molar-refractivity contribution in [2.75, 3.05) is 0 Å². The van der Waals surface area contributed by atoms with Crippen molar-refractivity contribution in [3.05, 3.63) is 29.0 Å². The molecule has 4 unspecified atom stereocenters. The number of hydrogen-bond donors (Lipinski definition) is 0. The molecule has 2 fully saturated rings. The topological polar surface area (TPSA) is 17.8 Å². The highest BCUT2D eigenvalue weighted by Crippen LogP contribution is 2.52. The second-order valence-corrected chi connectivity index (χ2v) is 7.37. The van der Waals surface area contributed by atoms with Crippen molar-refractivity contribution in [3.63, 3.8) is 0 Å². The van der Waals surface area contributed by atoms with Gasteiger partial charge < -0.3 is 4.57 Å². The summed E-state index contributed by atoms with van der Waals surface area (Å²) in [5.41, 5.74) is 2.05. The summed E-state index contributed by atoms with van der Waals surface area (Å²) >= 11 is 12.8. The first-order valence-electron chi connectivity index (χ1n) is 7.45. The summed E-state index contributed by atoms with van der Waals surface area (Å²) in [6.45, 7) is 2.00. The zero-order valence-electron chi connectivity index (χ0n) is 11.5. The Labute approximate surface area is 129 Å². The molecule has 0 aliphatic heterocycles. The van der Waals surface area contributed by atoms with E-state index in [0.29, 0.717) is 6.04 Å². The van der Waals surface area contributed by atoms with Gasteiger partial charge in [0.25, 0.3) is 0 Å². The van der Waals surface area contributed by atoms with E-state index in [1.807, 2.05) is 25.1 Å². The highest BCUT2D eigenvalue weighted by Gasteiger charge is 2.42. The second kappa shape index (κ2) is 4.64. The molecule has 4 rings (SSSR count). The molecule has 2 aromatic rings. The molecule has 1 aromatic carbocycles. The number of rotatable bonds is 2. The first-order valence-corrected chi connectivity index (χ1v) is 8.27. The van der Waals surface area contributed by atoms with E-state index in [1.165, 1.54) is 25.7 Å². The summed E-state index contributed by atoms with van der Waals surface area (Å²) < 4.78 is 2.36. The highest BCUT2D eigenvalue weighted by atomic mass is 35.5. The van der Waals surface area contributed by atoms with Crippen LogP contribution in [0.15, 0.2) is 18.2 Å². The van der Waals surface area contributed by atoms with Gasteiger partial charge in [0.05, 0.1) is 21.4 Å². The number of nitrogens with zero attached hydrogens (tertiary/aromatic N) is 2. The number of halogens is 2. The van der Waals surface area contributed by atoms with Crippen LogP contribution in [-0.2, 0) is 0 Å². The summed E-state index contributed by atoms with van der Waals surface area (Å²) in [6, 6.07) is 6.49. The van der Waals surface area contributed by atoms with Crippen LogP contribution in [0.5, 0.6) is 0 Å². The summed E-state index contributed by atoms with van der Waals surface area (Å²) in [4.78, 5) is 4.75. The van der Waals surface area contributed by atoms with E-state index in [1.54, 1.807) is 0 Å².